The number of fused-ring (bicyclic) bond motifs is 1. The van der Waals surface area contributed by atoms with Crippen molar-refractivity contribution in [3.63, 3.8) is 0 Å². The van der Waals surface area contributed by atoms with Crippen molar-refractivity contribution in [3.05, 3.63) is 83.4 Å². The molecule has 50 heavy (non-hydrogen) atoms. The van der Waals surface area contributed by atoms with Crippen LogP contribution in [-0.4, -0.2) is 59.9 Å². The molecule has 10 heteroatoms. The molecule has 1 aliphatic carbocycles. The number of hydrogen-bond donors (Lipinski definition) is 1. The molecule has 3 fully saturated rings. The molecule has 1 saturated carbocycles. The molecule has 3 aliphatic rings. The van der Waals surface area contributed by atoms with Crippen molar-refractivity contribution in [2.24, 2.45) is 0 Å². The summed E-state index contributed by atoms with van der Waals surface area (Å²) in [5, 5.41) is 4.34. The van der Waals surface area contributed by atoms with Gasteiger partial charge in [-0.1, -0.05) is 56.3 Å². The molecule has 2 saturated heterocycles. The number of benzene rings is 3. The van der Waals surface area contributed by atoms with Crippen LogP contribution in [0.4, 0.5) is 18.9 Å². The smallest absolute Gasteiger partial charge is 0.416 e. The third kappa shape index (κ3) is 7.06. The summed E-state index contributed by atoms with van der Waals surface area (Å²) >= 11 is 1.66. The van der Waals surface area contributed by atoms with Crippen molar-refractivity contribution < 1.29 is 22.7 Å². The predicted molar refractivity (Wildman–Crippen MR) is 195 cm³/mol. The SMILES string of the molecule is CCOc1cc2nc(-c3cccc(C(F)(F)F)c3)c(N3CCC(N4CCCC4)CC3)c(C(=O)NC3(c4ccccc4)CC3)c2cc1SC(C)C. The Morgan fingerprint density at radius 1 is 1.00 bits per heavy atom. The first-order valence-electron chi connectivity index (χ1n) is 17.9. The summed E-state index contributed by atoms with van der Waals surface area (Å²) in [5.74, 6) is 0.406. The summed E-state index contributed by atoms with van der Waals surface area (Å²) in [4.78, 5) is 25.8. The molecule has 3 heterocycles. The summed E-state index contributed by atoms with van der Waals surface area (Å²) in [6, 6.07) is 19.7. The van der Waals surface area contributed by atoms with E-state index in [4.69, 9.17) is 9.72 Å². The highest BCUT2D eigenvalue weighted by atomic mass is 32.2. The molecule has 264 valence electrons. The van der Waals surface area contributed by atoms with Gasteiger partial charge in [0.2, 0.25) is 0 Å². The van der Waals surface area contributed by atoms with Gasteiger partial charge in [0.15, 0.2) is 0 Å². The molecule has 0 spiro atoms. The summed E-state index contributed by atoms with van der Waals surface area (Å²) in [6.07, 6.45) is 1.34. The maximum absolute atomic E-state index is 15.0. The lowest BCUT2D eigenvalue weighted by Crippen LogP contribution is -2.45. The molecule has 1 N–H and O–H groups in total. The van der Waals surface area contributed by atoms with Gasteiger partial charge in [0.25, 0.3) is 5.91 Å². The van der Waals surface area contributed by atoms with Crippen molar-refractivity contribution in [1.29, 1.82) is 0 Å². The number of alkyl halides is 3. The molecule has 6 nitrogen and oxygen atoms in total. The Labute approximate surface area is 296 Å². The topological polar surface area (TPSA) is 57.7 Å². The van der Waals surface area contributed by atoms with Gasteiger partial charge in [0.1, 0.15) is 5.75 Å². The number of piperidine rings is 1. The average molecular weight is 703 g/mol. The molecule has 3 aromatic carbocycles. The van der Waals surface area contributed by atoms with Crippen LogP contribution in [0.3, 0.4) is 0 Å². The van der Waals surface area contributed by atoms with Gasteiger partial charge in [-0.25, -0.2) is 4.98 Å². The van der Waals surface area contributed by atoms with Crippen molar-refractivity contribution in [2.45, 2.75) is 87.2 Å². The first-order valence-corrected chi connectivity index (χ1v) is 18.8. The van der Waals surface area contributed by atoms with Crippen LogP contribution in [0.25, 0.3) is 22.2 Å². The largest absolute Gasteiger partial charge is 0.493 e. The molecule has 0 unspecified atom stereocenters. The number of nitrogens with one attached hydrogen (secondary N) is 1. The van der Waals surface area contributed by atoms with E-state index in [2.05, 4.69) is 29.0 Å². The van der Waals surface area contributed by atoms with Gasteiger partial charge in [0, 0.05) is 41.4 Å². The molecule has 1 amide bonds. The van der Waals surface area contributed by atoms with Gasteiger partial charge in [-0.15, -0.1) is 11.8 Å². The van der Waals surface area contributed by atoms with Gasteiger partial charge < -0.3 is 19.9 Å². The van der Waals surface area contributed by atoms with E-state index in [1.165, 1.54) is 18.9 Å². The zero-order chi connectivity index (χ0) is 35.0. The Bertz CT molecular complexity index is 1850. The summed E-state index contributed by atoms with van der Waals surface area (Å²) < 4.78 is 48.4. The van der Waals surface area contributed by atoms with Crippen molar-refractivity contribution >= 4 is 34.3 Å². The normalized spacial score (nSPS) is 18.2. The van der Waals surface area contributed by atoms with Gasteiger partial charge in [-0.05, 0) is 82.3 Å². The molecule has 0 radical (unpaired) electrons. The second-order valence-corrected chi connectivity index (χ2v) is 15.7. The molecule has 7 rings (SSSR count). The second kappa shape index (κ2) is 14.1. The molecule has 4 aromatic rings. The lowest BCUT2D eigenvalue weighted by atomic mass is 9.95. The van der Waals surface area contributed by atoms with E-state index in [0.29, 0.717) is 64.9 Å². The number of amides is 1. The predicted octanol–water partition coefficient (Wildman–Crippen LogP) is 9.30. The Morgan fingerprint density at radius 3 is 2.36 bits per heavy atom. The van der Waals surface area contributed by atoms with Crippen LogP contribution in [0.1, 0.15) is 80.8 Å². The first kappa shape index (κ1) is 34.7. The monoisotopic (exact) mass is 702 g/mol. The number of likely N-dealkylation sites (tertiary alicyclic amines) is 1. The third-order valence-electron chi connectivity index (χ3n) is 10.2. The highest BCUT2D eigenvalue weighted by Crippen LogP contribution is 2.48. The molecular formula is C40H45F3N4O2S. The second-order valence-electron chi connectivity index (χ2n) is 14.0. The number of aromatic nitrogens is 1. The number of thioether (sulfide) groups is 1. The third-order valence-corrected chi connectivity index (χ3v) is 11.3. The summed E-state index contributed by atoms with van der Waals surface area (Å²) in [6.45, 7) is 10.1. The highest BCUT2D eigenvalue weighted by Gasteiger charge is 2.46. The maximum atomic E-state index is 15.0. The minimum absolute atomic E-state index is 0.242. The van der Waals surface area contributed by atoms with Gasteiger partial charge in [0.05, 0.1) is 45.1 Å². The van der Waals surface area contributed by atoms with E-state index < -0.39 is 17.3 Å². The number of nitrogens with zero attached hydrogens (tertiary/aromatic N) is 3. The molecule has 0 bridgehead atoms. The lowest BCUT2D eigenvalue weighted by Gasteiger charge is -2.39. The molecule has 1 aromatic heterocycles. The highest BCUT2D eigenvalue weighted by molar-refractivity contribution is 8.00. The van der Waals surface area contributed by atoms with E-state index in [0.717, 1.165) is 61.4 Å². The zero-order valence-electron chi connectivity index (χ0n) is 29.0. The maximum Gasteiger partial charge on any atom is 0.416 e. The Balaban J connectivity index is 1.44. The average Bonchev–Trinajstić information content (AvgIpc) is 3.67. The van der Waals surface area contributed by atoms with Crippen LogP contribution in [0.15, 0.2) is 71.6 Å². The Kier molecular flexibility index (Phi) is 9.78. The number of pyridine rings is 1. The summed E-state index contributed by atoms with van der Waals surface area (Å²) in [5.41, 5.74) is 2.08. The fourth-order valence-corrected chi connectivity index (χ4v) is 8.59. The minimum Gasteiger partial charge on any atom is -0.493 e. The lowest BCUT2D eigenvalue weighted by molar-refractivity contribution is -0.137. The van der Waals surface area contributed by atoms with Crippen molar-refractivity contribution in [3.8, 4) is 17.0 Å². The number of carbonyl (C=O) groups is 1. The van der Waals surface area contributed by atoms with Crippen molar-refractivity contribution in [2.75, 3.05) is 37.7 Å². The van der Waals surface area contributed by atoms with E-state index in [1.807, 2.05) is 49.4 Å². The first-order chi connectivity index (χ1) is 24.1. The van der Waals surface area contributed by atoms with Crippen LogP contribution in [0.5, 0.6) is 5.75 Å². The van der Waals surface area contributed by atoms with Crippen molar-refractivity contribution in [1.82, 2.24) is 15.2 Å². The van der Waals surface area contributed by atoms with Crippen LogP contribution in [-0.2, 0) is 11.7 Å². The number of ether oxygens (including phenoxy) is 1. The molecule has 0 atom stereocenters. The van der Waals surface area contributed by atoms with Crippen LogP contribution >= 0.6 is 11.8 Å². The number of halogens is 3. The number of rotatable bonds is 10. The van der Waals surface area contributed by atoms with Gasteiger partial charge in [-0.3, -0.25) is 4.79 Å². The number of anilines is 1. The van der Waals surface area contributed by atoms with E-state index in [1.54, 1.807) is 17.8 Å². The van der Waals surface area contributed by atoms with Gasteiger partial charge in [-0.2, -0.15) is 13.2 Å². The fourth-order valence-electron chi connectivity index (χ4n) is 7.67. The summed E-state index contributed by atoms with van der Waals surface area (Å²) in [7, 11) is 0. The van der Waals surface area contributed by atoms with E-state index >= 15 is 0 Å². The molecule has 2 aliphatic heterocycles. The fraction of sp³-hybridized carbons (Fsp3) is 0.450. The minimum atomic E-state index is -4.53. The van der Waals surface area contributed by atoms with Crippen LogP contribution < -0.4 is 15.0 Å². The number of hydrogen-bond acceptors (Lipinski definition) is 6. The molecular weight excluding hydrogens is 658 g/mol. The Hall–Kier alpha value is -3.76. The van der Waals surface area contributed by atoms with E-state index in [9.17, 15) is 18.0 Å². The van der Waals surface area contributed by atoms with Gasteiger partial charge >= 0.3 is 6.18 Å². The zero-order valence-corrected chi connectivity index (χ0v) is 29.8. The van der Waals surface area contributed by atoms with Crippen LogP contribution in [0, 0.1) is 0 Å². The standard InChI is InChI=1S/C40H45F3N4O2S/c1-4-49-33-25-32-31(24-34(33)50-26(2)3)35(38(48)45-39(17-18-39)28-12-6-5-7-13-28)37(47-21-15-30(16-22-47)46-19-8-9-20-46)36(44-32)27-11-10-14-29(23-27)40(41,42)43/h5-7,10-14,23-26,30H,4,8-9,15-22H2,1-3H3,(H,45,48). The van der Waals surface area contributed by atoms with Crippen LogP contribution in [0.2, 0.25) is 0 Å². The van der Waals surface area contributed by atoms with E-state index in [-0.39, 0.29) is 11.2 Å². The Morgan fingerprint density at radius 2 is 1.72 bits per heavy atom. The quantitative estimate of drug-likeness (QED) is 0.166. The number of carbonyl (C=O) groups excluding carboxylic acids is 1.